The van der Waals surface area contributed by atoms with Gasteiger partial charge in [0.1, 0.15) is 4.90 Å². The Morgan fingerprint density at radius 2 is 2.08 bits per heavy atom. The summed E-state index contributed by atoms with van der Waals surface area (Å²) >= 11 is 1.75. The molecule has 1 N–H and O–H groups in total. The number of thiazole rings is 1. The molecule has 1 aromatic carbocycles. The molecule has 0 amide bonds. The Hall–Kier alpha value is -2.00. The van der Waals surface area contributed by atoms with Crippen molar-refractivity contribution in [1.82, 2.24) is 4.98 Å². The van der Waals surface area contributed by atoms with Gasteiger partial charge in [-0.25, -0.2) is 13.4 Å². The molecule has 1 heterocycles. The fourth-order valence-corrected chi connectivity index (χ4v) is 4.92. The fraction of sp³-hybridized carbons (Fsp3) is 0.438. The van der Waals surface area contributed by atoms with E-state index in [0.717, 1.165) is 30.5 Å². The first-order chi connectivity index (χ1) is 11.8. The molecular formula is C16H19N3O4S2. The molecule has 0 spiro atoms. The zero-order chi connectivity index (χ0) is 18.0. The van der Waals surface area contributed by atoms with Gasteiger partial charge in [0.25, 0.3) is 5.69 Å². The molecule has 0 unspecified atom stereocenters. The van der Waals surface area contributed by atoms with Crippen LogP contribution in [0.3, 0.4) is 0 Å². The van der Waals surface area contributed by atoms with E-state index >= 15 is 0 Å². The van der Waals surface area contributed by atoms with Gasteiger partial charge < -0.3 is 5.32 Å². The van der Waals surface area contributed by atoms with Gasteiger partial charge in [0.05, 0.1) is 15.6 Å². The van der Waals surface area contributed by atoms with Crippen molar-refractivity contribution < 1.29 is 13.3 Å². The second kappa shape index (κ2) is 7.09. The molecule has 0 saturated carbocycles. The molecule has 1 aromatic heterocycles. The minimum Gasteiger partial charge on any atom is -0.385 e. The van der Waals surface area contributed by atoms with Gasteiger partial charge in [0.15, 0.2) is 9.84 Å². The van der Waals surface area contributed by atoms with E-state index in [1.165, 1.54) is 41.6 Å². The lowest BCUT2D eigenvalue weighted by Gasteiger charge is -2.07. The van der Waals surface area contributed by atoms with Crippen LogP contribution >= 0.6 is 11.3 Å². The molecule has 7 nitrogen and oxygen atoms in total. The summed E-state index contributed by atoms with van der Waals surface area (Å²) in [6.45, 7) is 0.591. The zero-order valence-electron chi connectivity index (χ0n) is 13.8. The number of aryl methyl sites for hydroxylation is 2. The normalized spacial score (nSPS) is 14.1. The number of aromatic nitrogens is 1. The molecule has 134 valence electrons. The quantitative estimate of drug-likeness (QED) is 0.609. The monoisotopic (exact) mass is 381 g/mol. The van der Waals surface area contributed by atoms with Crippen LogP contribution < -0.4 is 5.32 Å². The molecule has 0 saturated heterocycles. The van der Waals surface area contributed by atoms with Crippen molar-refractivity contribution in [2.24, 2.45) is 0 Å². The molecule has 0 atom stereocenters. The Kier molecular flexibility index (Phi) is 5.05. The van der Waals surface area contributed by atoms with Crippen LogP contribution in [-0.2, 0) is 29.1 Å². The molecule has 1 aliphatic rings. The molecule has 9 heteroatoms. The van der Waals surface area contributed by atoms with Crippen molar-refractivity contribution in [3.63, 3.8) is 0 Å². The Bertz CT molecular complexity index is 883. The molecule has 0 radical (unpaired) electrons. The maximum absolute atomic E-state index is 11.8. The number of nitrogens with one attached hydrogen (secondary N) is 1. The number of hydrogen-bond acceptors (Lipinski definition) is 7. The van der Waals surface area contributed by atoms with Crippen molar-refractivity contribution in [3.05, 3.63) is 43.9 Å². The van der Waals surface area contributed by atoms with E-state index in [-0.39, 0.29) is 4.90 Å². The van der Waals surface area contributed by atoms with Crippen molar-refractivity contribution in [3.8, 4) is 0 Å². The van der Waals surface area contributed by atoms with E-state index in [0.29, 0.717) is 12.2 Å². The fourth-order valence-electron chi connectivity index (χ4n) is 2.90. The number of nitro groups is 1. The van der Waals surface area contributed by atoms with Crippen LogP contribution in [0.15, 0.2) is 23.1 Å². The van der Waals surface area contributed by atoms with E-state index in [2.05, 4.69) is 10.3 Å². The summed E-state index contributed by atoms with van der Waals surface area (Å²) in [4.78, 5) is 16.1. The first kappa shape index (κ1) is 17.8. The number of benzene rings is 1. The minimum atomic E-state index is -3.67. The maximum atomic E-state index is 11.8. The van der Waals surface area contributed by atoms with E-state index in [1.54, 1.807) is 11.3 Å². The Morgan fingerprint density at radius 1 is 1.32 bits per heavy atom. The maximum Gasteiger partial charge on any atom is 0.288 e. The van der Waals surface area contributed by atoms with Gasteiger partial charge in [0, 0.05) is 35.9 Å². The topological polar surface area (TPSA) is 102 Å². The number of fused-ring (bicyclic) bond motifs is 1. The van der Waals surface area contributed by atoms with Crippen LogP contribution in [0.5, 0.6) is 0 Å². The van der Waals surface area contributed by atoms with Gasteiger partial charge in [-0.3, -0.25) is 10.1 Å². The summed E-state index contributed by atoms with van der Waals surface area (Å²) < 4.78 is 23.6. The summed E-state index contributed by atoms with van der Waals surface area (Å²) in [5, 5.41) is 15.2. The average molecular weight is 381 g/mol. The first-order valence-electron chi connectivity index (χ1n) is 8.04. The summed E-state index contributed by atoms with van der Waals surface area (Å²) in [7, 11) is -3.67. The second-order valence-corrected chi connectivity index (χ2v) is 9.23. The van der Waals surface area contributed by atoms with Crippen LogP contribution in [0, 0.1) is 10.1 Å². The number of nitro benzene ring substituents is 1. The van der Waals surface area contributed by atoms with Gasteiger partial charge in [0.2, 0.25) is 0 Å². The molecular weight excluding hydrogens is 362 g/mol. The Labute approximate surface area is 150 Å². The van der Waals surface area contributed by atoms with Gasteiger partial charge in [-0.1, -0.05) is 0 Å². The van der Waals surface area contributed by atoms with Gasteiger partial charge in [-0.05, 0) is 37.8 Å². The van der Waals surface area contributed by atoms with Crippen molar-refractivity contribution in [1.29, 1.82) is 0 Å². The number of sulfone groups is 1. The Morgan fingerprint density at radius 3 is 2.76 bits per heavy atom. The van der Waals surface area contributed by atoms with Gasteiger partial charge in [-0.15, -0.1) is 11.3 Å². The summed E-state index contributed by atoms with van der Waals surface area (Å²) in [5.74, 6) is 0. The molecule has 2 aromatic rings. The third-order valence-electron chi connectivity index (χ3n) is 4.11. The van der Waals surface area contributed by atoms with Crippen molar-refractivity contribution in [2.75, 3.05) is 18.1 Å². The van der Waals surface area contributed by atoms with Gasteiger partial charge in [-0.2, -0.15) is 0 Å². The lowest BCUT2D eigenvalue weighted by atomic mass is 10.0. The lowest BCUT2D eigenvalue weighted by Crippen LogP contribution is -2.07. The van der Waals surface area contributed by atoms with Crippen molar-refractivity contribution in [2.45, 2.75) is 37.0 Å². The standard InChI is InChI=1S/C16H19N3O4S2/c1-25(22,23)15-10-11(6-7-13(15)19(20)21)17-9-8-16-18-12-4-2-3-5-14(12)24-16/h6-7,10,17H,2-5,8-9H2,1H3. The first-order valence-corrected chi connectivity index (χ1v) is 10.8. The van der Waals surface area contributed by atoms with Gasteiger partial charge >= 0.3 is 0 Å². The van der Waals surface area contributed by atoms with Crippen LogP contribution in [0.1, 0.15) is 28.4 Å². The van der Waals surface area contributed by atoms with Crippen LogP contribution in [0.25, 0.3) is 0 Å². The predicted molar refractivity (Wildman–Crippen MR) is 97.2 cm³/mol. The molecule has 0 aliphatic heterocycles. The van der Waals surface area contributed by atoms with Crippen molar-refractivity contribution >= 4 is 32.5 Å². The number of rotatable bonds is 6. The largest absolute Gasteiger partial charge is 0.385 e. The smallest absolute Gasteiger partial charge is 0.288 e. The number of nitrogens with zero attached hydrogens (tertiary/aromatic N) is 2. The van der Waals surface area contributed by atoms with Crippen LogP contribution in [0.2, 0.25) is 0 Å². The molecule has 3 rings (SSSR count). The van der Waals surface area contributed by atoms with Crippen LogP contribution in [-0.4, -0.2) is 31.1 Å². The SMILES string of the molecule is CS(=O)(=O)c1cc(NCCc2nc3c(s2)CCCC3)ccc1[N+](=O)[O-]. The highest BCUT2D eigenvalue weighted by molar-refractivity contribution is 7.90. The van der Waals surface area contributed by atoms with Crippen LogP contribution in [0.4, 0.5) is 11.4 Å². The second-order valence-electron chi connectivity index (χ2n) is 6.07. The molecule has 0 fully saturated rings. The molecule has 0 bridgehead atoms. The number of hydrogen-bond donors (Lipinski definition) is 1. The number of anilines is 1. The highest BCUT2D eigenvalue weighted by atomic mass is 32.2. The van der Waals surface area contributed by atoms with E-state index < -0.39 is 20.4 Å². The Balaban J connectivity index is 1.69. The average Bonchev–Trinajstić information content (AvgIpc) is 2.96. The third kappa shape index (κ3) is 4.16. The highest BCUT2D eigenvalue weighted by Gasteiger charge is 2.22. The molecule has 25 heavy (non-hydrogen) atoms. The van der Waals surface area contributed by atoms with E-state index in [9.17, 15) is 18.5 Å². The highest BCUT2D eigenvalue weighted by Crippen LogP contribution is 2.28. The molecule has 1 aliphatic carbocycles. The third-order valence-corrected chi connectivity index (χ3v) is 6.46. The van der Waals surface area contributed by atoms with E-state index in [1.807, 2.05) is 0 Å². The minimum absolute atomic E-state index is 0.271. The summed E-state index contributed by atoms with van der Waals surface area (Å²) in [5.41, 5.74) is 1.37. The zero-order valence-corrected chi connectivity index (χ0v) is 15.5. The van der Waals surface area contributed by atoms with E-state index in [4.69, 9.17) is 0 Å². The predicted octanol–water partition coefficient (Wildman–Crippen LogP) is 2.99. The summed E-state index contributed by atoms with van der Waals surface area (Å²) in [6, 6.07) is 4.07. The summed E-state index contributed by atoms with van der Waals surface area (Å²) in [6.07, 6.45) is 6.30. The lowest BCUT2D eigenvalue weighted by molar-refractivity contribution is -0.387.